The van der Waals surface area contributed by atoms with Gasteiger partial charge in [-0.15, -0.1) is 0 Å². The minimum absolute atomic E-state index is 0.0177. The van der Waals surface area contributed by atoms with E-state index in [0.29, 0.717) is 12.3 Å². The van der Waals surface area contributed by atoms with Crippen molar-refractivity contribution in [1.29, 1.82) is 0 Å². The molecule has 1 aliphatic rings. The first-order chi connectivity index (χ1) is 9.97. The molecule has 114 valence electrons. The molecule has 8 heteroatoms. The summed E-state index contributed by atoms with van der Waals surface area (Å²) in [5, 5.41) is 19.9. The first-order valence-corrected chi connectivity index (χ1v) is 7.59. The van der Waals surface area contributed by atoms with Crippen LogP contribution in [-0.4, -0.2) is 45.0 Å². The molecule has 21 heavy (non-hydrogen) atoms. The van der Waals surface area contributed by atoms with Crippen LogP contribution in [0.3, 0.4) is 0 Å². The number of carbonyl (C=O) groups is 1. The van der Waals surface area contributed by atoms with Gasteiger partial charge in [-0.1, -0.05) is 0 Å². The normalized spacial score (nSPS) is 19.4. The Balaban J connectivity index is 2.20. The summed E-state index contributed by atoms with van der Waals surface area (Å²) in [6, 6.07) is 3.17. The van der Waals surface area contributed by atoms with E-state index in [-0.39, 0.29) is 30.3 Å². The van der Waals surface area contributed by atoms with Gasteiger partial charge in [0, 0.05) is 42.3 Å². The maximum absolute atomic E-state index is 13.3. The zero-order chi connectivity index (χ0) is 15.4. The zero-order valence-corrected chi connectivity index (χ0v) is 12.0. The Hall–Kier alpha value is -1.67. The number of rotatable bonds is 5. The minimum Gasteiger partial charge on any atom is -0.481 e. The molecule has 0 saturated carbocycles. The lowest BCUT2D eigenvalue weighted by molar-refractivity contribution is -0.385. The molecule has 1 N–H and O–H groups in total. The average Bonchev–Trinajstić information content (AvgIpc) is 2.40. The van der Waals surface area contributed by atoms with Crippen LogP contribution in [0.1, 0.15) is 12.0 Å². The summed E-state index contributed by atoms with van der Waals surface area (Å²) in [4.78, 5) is 23.2. The van der Waals surface area contributed by atoms with Crippen molar-refractivity contribution in [2.75, 3.05) is 18.1 Å². The van der Waals surface area contributed by atoms with E-state index in [1.54, 1.807) is 11.8 Å². The van der Waals surface area contributed by atoms with E-state index in [9.17, 15) is 19.3 Å². The Kier molecular flexibility index (Phi) is 5.13. The minimum atomic E-state index is -0.902. The van der Waals surface area contributed by atoms with Crippen LogP contribution in [0.2, 0.25) is 0 Å². The van der Waals surface area contributed by atoms with Crippen molar-refractivity contribution in [1.82, 2.24) is 4.90 Å². The summed E-state index contributed by atoms with van der Waals surface area (Å²) < 4.78 is 13.3. The molecule has 2 rings (SSSR count). The quantitative estimate of drug-likeness (QED) is 0.662. The Morgan fingerprint density at radius 1 is 1.57 bits per heavy atom. The van der Waals surface area contributed by atoms with Gasteiger partial charge in [0.25, 0.3) is 5.69 Å². The highest BCUT2D eigenvalue weighted by molar-refractivity contribution is 7.99. The highest BCUT2D eigenvalue weighted by Gasteiger charge is 2.27. The highest BCUT2D eigenvalue weighted by Crippen LogP contribution is 2.26. The largest absolute Gasteiger partial charge is 0.481 e. The summed E-state index contributed by atoms with van der Waals surface area (Å²) in [7, 11) is 0. The number of halogens is 1. The van der Waals surface area contributed by atoms with E-state index in [4.69, 9.17) is 5.11 Å². The van der Waals surface area contributed by atoms with Crippen molar-refractivity contribution in [2.45, 2.75) is 19.0 Å². The fourth-order valence-corrected chi connectivity index (χ4v) is 3.50. The van der Waals surface area contributed by atoms with Gasteiger partial charge in [0.05, 0.1) is 11.3 Å². The van der Waals surface area contributed by atoms with Gasteiger partial charge in [-0.3, -0.25) is 19.8 Å². The molecule has 0 spiro atoms. The molecule has 0 amide bonds. The summed E-state index contributed by atoms with van der Waals surface area (Å²) >= 11 is 1.66. The van der Waals surface area contributed by atoms with E-state index >= 15 is 0 Å². The van der Waals surface area contributed by atoms with E-state index in [2.05, 4.69) is 0 Å². The Labute approximate surface area is 125 Å². The lowest BCUT2D eigenvalue weighted by atomic mass is 10.1. The molecule has 1 saturated heterocycles. The third kappa shape index (κ3) is 4.15. The second-order valence-corrected chi connectivity index (χ2v) is 5.98. The molecule has 1 aromatic rings. The Bertz CT molecular complexity index is 555. The molecule has 1 heterocycles. The molecular formula is C13H15FN2O4S. The third-order valence-electron chi connectivity index (χ3n) is 3.37. The van der Waals surface area contributed by atoms with Gasteiger partial charge < -0.3 is 5.11 Å². The number of carboxylic acid groups (broad SMARTS) is 1. The molecule has 1 aromatic carbocycles. The second kappa shape index (κ2) is 6.86. The number of hydrogen-bond acceptors (Lipinski definition) is 5. The Morgan fingerprint density at radius 2 is 2.33 bits per heavy atom. The number of nitrogens with zero attached hydrogens (tertiary/aromatic N) is 2. The van der Waals surface area contributed by atoms with Crippen molar-refractivity contribution in [2.24, 2.45) is 0 Å². The fraction of sp³-hybridized carbons (Fsp3) is 0.462. The Morgan fingerprint density at radius 3 is 3.00 bits per heavy atom. The molecule has 0 radical (unpaired) electrons. The van der Waals surface area contributed by atoms with Crippen molar-refractivity contribution >= 4 is 23.4 Å². The molecule has 1 unspecified atom stereocenters. The molecule has 6 nitrogen and oxygen atoms in total. The number of thioether (sulfide) groups is 1. The standard InChI is InChI=1S/C13H15FN2O4S/c14-10-1-2-12(16(19)20)9(5-10)7-15-3-4-21-8-11(15)6-13(17)18/h1-2,5,11H,3-4,6-8H2,(H,17,18). The van der Waals surface area contributed by atoms with Crippen LogP contribution in [0, 0.1) is 15.9 Å². The SMILES string of the molecule is O=C(O)CC1CSCCN1Cc1cc(F)ccc1[N+](=O)[O-]. The van der Waals surface area contributed by atoms with Crippen LogP contribution >= 0.6 is 11.8 Å². The maximum atomic E-state index is 13.3. The highest BCUT2D eigenvalue weighted by atomic mass is 32.2. The third-order valence-corrected chi connectivity index (χ3v) is 4.46. The average molecular weight is 314 g/mol. The number of nitro benzene ring substituents is 1. The van der Waals surface area contributed by atoms with E-state index in [0.717, 1.165) is 24.0 Å². The number of nitro groups is 1. The van der Waals surface area contributed by atoms with Gasteiger partial charge in [-0.2, -0.15) is 11.8 Å². The molecule has 1 aliphatic heterocycles. The van der Waals surface area contributed by atoms with Crippen molar-refractivity contribution in [3.8, 4) is 0 Å². The first kappa shape index (κ1) is 15.7. The molecule has 0 aliphatic carbocycles. The molecule has 0 aromatic heterocycles. The van der Waals surface area contributed by atoms with Crippen LogP contribution in [0.25, 0.3) is 0 Å². The summed E-state index contributed by atoms with van der Waals surface area (Å²) in [5.74, 6) is 0.0623. The predicted molar refractivity (Wildman–Crippen MR) is 76.8 cm³/mol. The lowest BCUT2D eigenvalue weighted by Gasteiger charge is -2.34. The first-order valence-electron chi connectivity index (χ1n) is 6.44. The van der Waals surface area contributed by atoms with Gasteiger partial charge in [0.1, 0.15) is 5.82 Å². The zero-order valence-electron chi connectivity index (χ0n) is 11.2. The van der Waals surface area contributed by atoms with Crippen LogP contribution in [0.4, 0.5) is 10.1 Å². The second-order valence-electron chi connectivity index (χ2n) is 4.83. The summed E-state index contributed by atoms with van der Waals surface area (Å²) in [6.07, 6.45) is -0.0177. The number of hydrogen-bond donors (Lipinski definition) is 1. The van der Waals surface area contributed by atoms with Crippen molar-refractivity contribution in [3.63, 3.8) is 0 Å². The molecular weight excluding hydrogens is 299 g/mol. The van der Waals surface area contributed by atoms with E-state index < -0.39 is 16.7 Å². The van der Waals surface area contributed by atoms with Gasteiger partial charge in [-0.05, 0) is 12.1 Å². The van der Waals surface area contributed by atoms with Gasteiger partial charge in [0.2, 0.25) is 0 Å². The number of carboxylic acids is 1. The topological polar surface area (TPSA) is 83.7 Å². The smallest absolute Gasteiger partial charge is 0.304 e. The van der Waals surface area contributed by atoms with E-state index in [1.165, 1.54) is 0 Å². The molecule has 1 atom stereocenters. The van der Waals surface area contributed by atoms with Crippen LogP contribution in [-0.2, 0) is 11.3 Å². The molecule has 0 bridgehead atoms. The predicted octanol–water partition coefficient (Wildman–Crippen LogP) is 2.13. The van der Waals surface area contributed by atoms with Crippen LogP contribution in [0.15, 0.2) is 18.2 Å². The summed E-state index contributed by atoms with van der Waals surface area (Å²) in [5.41, 5.74) is 0.144. The lowest BCUT2D eigenvalue weighted by Crippen LogP contribution is -2.43. The van der Waals surface area contributed by atoms with Crippen LogP contribution < -0.4 is 0 Å². The van der Waals surface area contributed by atoms with Crippen molar-refractivity contribution in [3.05, 3.63) is 39.7 Å². The van der Waals surface area contributed by atoms with Crippen molar-refractivity contribution < 1.29 is 19.2 Å². The monoisotopic (exact) mass is 314 g/mol. The van der Waals surface area contributed by atoms with Gasteiger partial charge in [0.15, 0.2) is 0 Å². The van der Waals surface area contributed by atoms with Gasteiger partial charge >= 0.3 is 5.97 Å². The number of aliphatic carboxylic acids is 1. The maximum Gasteiger partial charge on any atom is 0.304 e. The fourth-order valence-electron chi connectivity index (χ4n) is 2.36. The van der Waals surface area contributed by atoms with Crippen LogP contribution in [0.5, 0.6) is 0 Å². The van der Waals surface area contributed by atoms with E-state index in [1.807, 2.05) is 4.90 Å². The number of benzene rings is 1. The molecule has 1 fully saturated rings. The van der Waals surface area contributed by atoms with Gasteiger partial charge in [-0.25, -0.2) is 4.39 Å². The summed E-state index contributed by atoms with van der Waals surface area (Å²) in [6.45, 7) is 0.822.